The second-order valence-electron chi connectivity index (χ2n) is 6.76. The second-order valence-corrected chi connectivity index (χ2v) is 6.76. The van der Waals surface area contributed by atoms with Crippen molar-refractivity contribution in [1.29, 1.82) is 0 Å². The topological polar surface area (TPSA) is 90.6 Å². The summed E-state index contributed by atoms with van der Waals surface area (Å²) in [5, 5.41) is 12.9. The Kier molecular flexibility index (Phi) is 3.81. The van der Waals surface area contributed by atoms with E-state index in [1.54, 1.807) is 18.0 Å². The van der Waals surface area contributed by atoms with Gasteiger partial charge in [-0.1, -0.05) is 18.1 Å². The lowest BCUT2D eigenvalue weighted by molar-refractivity contribution is 0.399. The summed E-state index contributed by atoms with van der Waals surface area (Å²) in [4.78, 5) is 13.5. The van der Waals surface area contributed by atoms with Crippen LogP contribution in [0.1, 0.15) is 25.7 Å². The Labute approximate surface area is 155 Å². The Bertz CT molecular complexity index is 1120. The van der Waals surface area contributed by atoms with Gasteiger partial charge in [0.05, 0.1) is 24.5 Å². The molecule has 0 spiro atoms. The third-order valence-electron chi connectivity index (χ3n) is 4.98. The van der Waals surface area contributed by atoms with Gasteiger partial charge in [0, 0.05) is 17.5 Å². The number of rotatable bonds is 4. The zero-order valence-electron chi connectivity index (χ0n) is 15.0. The molecule has 1 aliphatic rings. The quantitative estimate of drug-likeness (QED) is 0.597. The van der Waals surface area contributed by atoms with Crippen molar-refractivity contribution in [3.8, 4) is 11.6 Å². The number of nitrogens with zero attached hydrogens (tertiary/aromatic N) is 6. The fourth-order valence-corrected chi connectivity index (χ4v) is 3.56. The maximum atomic E-state index is 5.19. The minimum Gasteiger partial charge on any atom is -0.481 e. The van der Waals surface area contributed by atoms with Gasteiger partial charge in [0.15, 0.2) is 11.2 Å². The molecule has 1 saturated carbocycles. The number of hydrogen-bond acceptors (Lipinski definition) is 7. The predicted molar refractivity (Wildman–Crippen MR) is 102 cm³/mol. The molecule has 0 radical (unpaired) electrons. The van der Waals surface area contributed by atoms with Crippen LogP contribution >= 0.6 is 0 Å². The Morgan fingerprint density at radius 1 is 1.07 bits per heavy atom. The predicted octanol–water partition coefficient (Wildman–Crippen LogP) is 3.12. The summed E-state index contributed by atoms with van der Waals surface area (Å²) in [5.74, 6) is 1.22. The minimum absolute atomic E-state index is 0.452. The number of ether oxygens (including phenoxy) is 1. The lowest BCUT2D eigenvalue weighted by Gasteiger charge is -2.11. The smallest absolute Gasteiger partial charge is 0.225 e. The molecule has 0 amide bonds. The van der Waals surface area contributed by atoms with Crippen molar-refractivity contribution in [2.24, 2.45) is 0 Å². The van der Waals surface area contributed by atoms with Crippen molar-refractivity contribution < 1.29 is 4.74 Å². The summed E-state index contributed by atoms with van der Waals surface area (Å²) < 4.78 is 6.92. The van der Waals surface area contributed by atoms with Crippen LogP contribution in [0.3, 0.4) is 0 Å². The normalized spacial score (nSPS) is 14.9. The maximum absolute atomic E-state index is 5.19. The Balaban J connectivity index is 1.54. The van der Waals surface area contributed by atoms with Crippen LogP contribution in [-0.4, -0.2) is 43.1 Å². The van der Waals surface area contributed by atoms with Gasteiger partial charge in [-0.3, -0.25) is 0 Å². The van der Waals surface area contributed by atoms with E-state index < -0.39 is 0 Å². The van der Waals surface area contributed by atoms with Crippen molar-refractivity contribution in [3.05, 3.63) is 36.5 Å². The van der Waals surface area contributed by atoms with Gasteiger partial charge in [0.1, 0.15) is 0 Å². The molecule has 0 atom stereocenters. The monoisotopic (exact) mass is 361 g/mol. The average Bonchev–Trinajstić information content (AvgIpc) is 3.36. The van der Waals surface area contributed by atoms with Gasteiger partial charge in [0.25, 0.3) is 0 Å². The van der Waals surface area contributed by atoms with Gasteiger partial charge in [0.2, 0.25) is 11.8 Å². The lowest BCUT2D eigenvalue weighted by Crippen LogP contribution is -2.16. The minimum atomic E-state index is 0.452. The van der Waals surface area contributed by atoms with Crippen molar-refractivity contribution in [3.63, 3.8) is 0 Å². The molecule has 1 N–H and O–H groups in total. The molecule has 3 aromatic heterocycles. The van der Waals surface area contributed by atoms with E-state index in [4.69, 9.17) is 4.74 Å². The highest BCUT2D eigenvalue weighted by atomic mass is 16.5. The second kappa shape index (κ2) is 6.46. The van der Waals surface area contributed by atoms with Gasteiger partial charge in [-0.15, -0.1) is 5.10 Å². The van der Waals surface area contributed by atoms with Gasteiger partial charge < -0.3 is 10.1 Å². The zero-order valence-corrected chi connectivity index (χ0v) is 15.0. The van der Waals surface area contributed by atoms with Crippen LogP contribution in [-0.2, 0) is 0 Å². The number of benzene rings is 1. The molecular weight excluding hydrogens is 342 g/mol. The van der Waals surface area contributed by atoms with Gasteiger partial charge in [-0.25, -0.2) is 9.97 Å². The standard InChI is InChI=1S/C19H19N7O/c1-27-17-9-6-12-10-14(7-8-15(12)22-17)26-18-16(24-25-26)11-20-19(23-18)21-13-4-2-3-5-13/h6-11,13H,2-5H2,1H3,(H,20,21,23). The fraction of sp³-hybridized carbons (Fsp3) is 0.316. The van der Waals surface area contributed by atoms with E-state index in [1.807, 2.05) is 30.3 Å². The van der Waals surface area contributed by atoms with Crippen LogP contribution in [0, 0.1) is 0 Å². The number of fused-ring (bicyclic) bond motifs is 2. The first-order valence-electron chi connectivity index (χ1n) is 9.10. The van der Waals surface area contributed by atoms with E-state index in [-0.39, 0.29) is 0 Å². The van der Waals surface area contributed by atoms with Crippen molar-refractivity contribution in [2.75, 3.05) is 12.4 Å². The molecule has 8 heteroatoms. The fourth-order valence-electron chi connectivity index (χ4n) is 3.56. The van der Waals surface area contributed by atoms with Crippen molar-refractivity contribution in [2.45, 2.75) is 31.7 Å². The van der Waals surface area contributed by atoms with E-state index >= 15 is 0 Å². The van der Waals surface area contributed by atoms with Gasteiger partial charge >= 0.3 is 0 Å². The molecule has 4 aromatic rings. The van der Waals surface area contributed by atoms with E-state index in [0.29, 0.717) is 29.0 Å². The number of hydrogen-bond donors (Lipinski definition) is 1. The largest absolute Gasteiger partial charge is 0.481 e. The molecule has 1 aliphatic carbocycles. The Morgan fingerprint density at radius 2 is 1.96 bits per heavy atom. The van der Waals surface area contributed by atoms with E-state index in [9.17, 15) is 0 Å². The number of nitrogens with one attached hydrogen (secondary N) is 1. The van der Waals surface area contributed by atoms with Crippen molar-refractivity contribution >= 4 is 28.0 Å². The summed E-state index contributed by atoms with van der Waals surface area (Å²) >= 11 is 0. The van der Waals surface area contributed by atoms with E-state index in [1.165, 1.54) is 25.7 Å². The molecule has 0 aliphatic heterocycles. The average molecular weight is 361 g/mol. The summed E-state index contributed by atoms with van der Waals surface area (Å²) in [6.45, 7) is 0. The van der Waals surface area contributed by atoms with E-state index in [0.717, 1.165) is 16.6 Å². The molecule has 0 unspecified atom stereocenters. The SMILES string of the molecule is COc1ccc2cc(-n3nnc4cnc(NC5CCCC5)nc43)ccc2n1. The van der Waals surface area contributed by atoms with Gasteiger partial charge in [-0.2, -0.15) is 9.67 Å². The summed E-state index contributed by atoms with van der Waals surface area (Å²) in [6.07, 6.45) is 6.57. The van der Waals surface area contributed by atoms with E-state index in [2.05, 4.69) is 30.6 Å². The first kappa shape index (κ1) is 15.9. The molecule has 0 saturated heterocycles. The molecule has 5 rings (SSSR count). The molecule has 1 fully saturated rings. The van der Waals surface area contributed by atoms with Crippen LogP contribution in [0.15, 0.2) is 36.5 Å². The Hall–Kier alpha value is -3.29. The number of anilines is 1. The third-order valence-corrected chi connectivity index (χ3v) is 4.98. The van der Waals surface area contributed by atoms with Crippen LogP contribution in [0.5, 0.6) is 5.88 Å². The highest BCUT2D eigenvalue weighted by molar-refractivity contribution is 5.82. The maximum Gasteiger partial charge on any atom is 0.225 e. The highest BCUT2D eigenvalue weighted by Crippen LogP contribution is 2.23. The Morgan fingerprint density at radius 3 is 2.81 bits per heavy atom. The molecule has 136 valence electrons. The molecular formula is C19H19N7O. The molecule has 3 heterocycles. The zero-order chi connectivity index (χ0) is 18.2. The molecule has 1 aromatic carbocycles. The van der Waals surface area contributed by atoms with Crippen molar-refractivity contribution in [1.82, 2.24) is 29.9 Å². The first-order chi connectivity index (χ1) is 13.3. The number of pyridine rings is 1. The molecule has 8 nitrogen and oxygen atoms in total. The third kappa shape index (κ3) is 2.92. The highest BCUT2D eigenvalue weighted by Gasteiger charge is 2.17. The number of methoxy groups -OCH3 is 1. The summed E-state index contributed by atoms with van der Waals surface area (Å²) in [7, 11) is 1.61. The number of aromatic nitrogens is 6. The van der Waals surface area contributed by atoms with Gasteiger partial charge in [-0.05, 0) is 37.1 Å². The van der Waals surface area contributed by atoms with Crippen LogP contribution in [0.4, 0.5) is 5.95 Å². The van der Waals surface area contributed by atoms with Crippen LogP contribution in [0.2, 0.25) is 0 Å². The van der Waals surface area contributed by atoms with Crippen LogP contribution < -0.4 is 10.1 Å². The summed E-state index contributed by atoms with van der Waals surface area (Å²) in [6, 6.07) is 10.2. The lowest BCUT2D eigenvalue weighted by atomic mass is 10.2. The summed E-state index contributed by atoms with van der Waals surface area (Å²) in [5.41, 5.74) is 3.09. The first-order valence-corrected chi connectivity index (χ1v) is 9.10. The molecule has 27 heavy (non-hydrogen) atoms. The van der Waals surface area contributed by atoms with Crippen LogP contribution in [0.25, 0.3) is 27.8 Å². The molecule has 0 bridgehead atoms.